The SMILES string of the molecule is CC(N)CC(=O)NCc1cccnn1. The fourth-order valence-corrected chi connectivity index (χ4v) is 0.981. The van der Waals surface area contributed by atoms with Gasteiger partial charge in [-0.05, 0) is 19.1 Å². The number of carbonyl (C=O) groups excluding carboxylic acids is 1. The maximum Gasteiger partial charge on any atom is 0.221 e. The Morgan fingerprint density at radius 2 is 2.50 bits per heavy atom. The lowest BCUT2D eigenvalue weighted by molar-refractivity contribution is -0.121. The molecule has 0 saturated carbocycles. The highest BCUT2D eigenvalue weighted by molar-refractivity contribution is 5.76. The van der Waals surface area contributed by atoms with Gasteiger partial charge in [-0.3, -0.25) is 4.79 Å². The first kappa shape index (κ1) is 10.6. The summed E-state index contributed by atoms with van der Waals surface area (Å²) >= 11 is 0. The van der Waals surface area contributed by atoms with E-state index in [0.29, 0.717) is 13.0 Å². The van der Waals surface area contributed by atoms with Crippen molar-refractivity contribution in [1.82, 2.24) is 15.5 Å². The molecule has 1 amide bonds. The van der Waals surface area contributed by atoms with Crippen molar-refractivity contribution in [3.05, 3.63) is 24.0 Å². The highest BCUT2D eigenvalue weighted by Crippen LogP contribution is 1.91. The van der Waals surface area contributed by atoms with Crippen molar-refractivity contribution >= 4 is 5.91 Å². The van der Waals surface area contributed by atoms with Crippen molar-refractivity contribution in [2.45, 2.75) is 25.9 Å². The first-order valence-electron chi connectivity index (χ1n) is 4.47. The summed E-state index contributed by atoms with van der Waals surface area (Å²) in [6.07, 6.45) is 1.92. The number of hydrogen-bond acceptors (Lipinski definition) is 4. The van der Waals surface area contributed by atoms with Gasteiger partial charge in [-0.2, -0.15) is 10.2 Å². The Morgan fingerprint density at radius 3 is 3.07 bits per heavy atom. The Balaban J connectivity index is 2.31. The van der Waals surface area contributed by atoms with Crippen molar-refractivity contribution in [1.29, 1.82) is 0 Å². The molecule has 5 heteroatoms. The molecule has 1 atom stereocenters. The van der Waals surface area contributed by atoms with Gasteiger partial charge in [-0.1, -0.05) is 0 Å². The largest absolute Gasteiger partial charge is 0.350 e. The Kier molecular flexibility index (Phi) is 4.00. The van der Waals surface area contributed by atoms with Crippen LogP contribution >= 0.6 is 0 Å². The van der Waals surface area contributed by atoms with Crippen molar-refractivity contribution in [3.8, 4) is 0 Å². The molecule has 1 aromatic rings. The molecule has 1 unspecified atom stereocenters. The summed E-state index contributed by atoms with van der Waals surface area (Å²) in [5.74, 6) is -0.0642. The van der Waals surface area contributed by atoms with Gasteiger partial charge in [0, 0.05) is 18.7 Å². The van der Waals surface area contributed by atoms with E-state index < -0.39 is 0 Å². The van der Waals surface area contributed by atoms with Crippen LogP contribution in [0.1, 0.15) is 19.0 Å². The fraction of sp³-hybridized carbons (Fsp3) is 0.444. The molecule has 0 spiro atoms. The van der Waals surface area contributed by atoms with Crippen LogP contribution in [0.3, 0.4) is 0 Å². The summed E-state index contributed by atoms with van der Waals surface area (Å²) in [6.45, 7) is 2.20. The Morgan fingerprint density at radius 1 is 1.71 bits per heavy atom. The van der Waals surface area contributed by atoms with Gasteiger partial charge in [0.05, 0.1) is 12.2 Å². The second-order valence-corrected chi connectivity index (χ2v) is 3.17. The van der Waals surface area contributed by atoms with Crippen LogP contribution in [-0.2, 0) is 11.3 Å². The topological polar surface area (TPSA) is 80.9 Å². The molecule has 76 valence electrons. The van der Waals surface area contributed by atoms with Crippen LogP contribution in [0.2, 0.25) is 0 Å². The number of amides is 1. The lowest BCUT2D eigenvalue weighted by Gasteiger charge is -2.05. The molecular formula is C9H14N4O. The molecule has 1 rings (SSSR count). The quantitative estimate of drug-likeness (QED) is 0.697. The maximum atomic E-state index is 11.2. The summed E-state index contributed by atoms with van der Waals surface area (Å²) in [7, 11) is 0. The molecule has 0 fully saturated rings. The van der Waals surface area contributed by atoms with Gasteiger partial charge in [-0.25, -0.2) is 0 Å². The summed E-state index contributed by atoms with van der Waals surface area (Å²) in [4.78, 5) is 11.2. The number of rotatable bonds is 4. The zero-order valence-corrected chi connectivity index (χ0v) is 8.10. The third-order valence-electron chi connectivity index (χ3n) is 1.60. The molecule has 0 aliphatic rings. The van der Waals surface area contributed by atoms with Crippen LogP contribution in [0.4, 0.5) is 0 Å². The molecule has 0 aromatic carbocycles. The van der Waals surface area contributed by atoms with Crippen molar-refractivity contribution < 1.29 is 4.79 Å². The van der Waals surface area contributed by atoms with Crippen LogP contribution in [0, 0.1) is 0 Å². The number of nitrogens with one attached hydrogen (secondary N) is 1. The standard InChI is InChI=1S/C9H14N4O/c1-7(10)5-9(14)11-6-8-3-2-4-12-13-8/h2-4,7H,5-6,10H2,1H3,(H,11,14). The average molecular weight is 194 g/mol. The van der Waals surface area contributed by atoms with E-state index in [1.165, 1.54) is 0 Å². The lowest BCUT2D eigenvalue weighted by Crippen LogP contribution is -2.29. The van der Waals surface area contributed by atoms with Crippen LogP contribution in [0.25, 0.3) is 0 Å². The monoisotopic (exact) mass is 194 g/mol. The molecule has 0 aliphatic carbocycles. The van der Waals surface area contributed by atoms with E-state index in [2.05, 4.69) is 15.5 Å². The minimum atomic E-state index is -0.114. The number of nitrogens with zero attached hydrogens (tertiary/aromatic N) is 2. The van der Waals surface area contributed by atoms with E-state index in [0.717, 1.165) is 5.69 Å². The highest BCUT2D eigenvalue weighted by Gasteiger charge is 2.04. The first-order chi connectivity index (χ1) is 6.68. The Bertz CT molecular complexity index is 286. The normalized spacial score (nSPS) is 12.1. The molecule has 5 nitrogen and oxygen atoms in total. The van der Waals surface area contributed by atoms with E-state index in [1.807, 2.05) is 0 Å². The van der Waals surface area contributed by atoms with Crippen LogP contribution in [0.5, 0.6) is 0 Å². The van der Waals surface area contributed by atoms with Crippen LogP contribution < -0.4 is 11.1 Å². The van der Waals surface area contributed by atoms with Gasteiger partial charge in [0.1, 0.15) is 0 Å². The second kappa shape index (κ2) is 5.29. The van der Waals surface area contributed by atoms with E-state index in [4.69, 9.17) is 5.73 Å². The molecule has 0 bridgehead atoms. The Labute approximate surface area is 82.7 Å². The van der Waals surface area contributed by atoms with Crippen molar-refractivity contribution in [2.75, 3.05) is 0 Å². The average Bonchev–Trinajstić information content (AvgIpc) is 2.15. The number of hydrogen-bond donors (Lipinski definition) is 2. The third kappa shape index (κ3) is 3.95. The third-order valence-corrected chi connectivity index (χ3v) is 1.60. The van der Waals surface area contributed by atoms with Gasteiger partial charge in [0.2, 0.25) is 5.91 Å². The first-order valence-corrected chi connectivity index (χ1v) is 4.47. The molecule has 0 radical (unpaired) electrons. The minimum absolute atomic E-state index is 0.0642. The summed E-state index contributed by atoms with van der Waals surface area (Å²) in [6, 6.07) is 3.47. The number of nitrogens with two attached hydrogens (primary N) is 1. The van der Waals surface area contributed by atoms with Gasteiger partial charge < -0.3 is 11.1 Å². The smallest absolute Gasteiger partial charge is 0.221 e. The van der Waals surface area contributed by atoms with E-state index in [1.54, 1.807) is 25.3 Å². The summed E-state index contributed by atoms with van der Waals surface area (Å²) in [5, 5.41) is 10.2. The predicted octanol–water partition coefficient (Wildman–Crippen LogP) is -0.170. The van der Waals surface area contributed by atoms with Crippen LogP contribution in [0.15, 0.2) is 18.3 Å². The maximum absolute atomic E-state index is 11.2. The van der Waals surface area contributed by atoms with Gasteiger partial charge in [0.25, 0.3) is 0 Å². The van der Waals surface area contributed by atoms with E-state index >= 15 is 0 Å². The Hall–Kier alpha value is -1.49. The molecule has 0 aliphatic heterocycles. The predicted molar refractivity (Wildman–Crippen MR) is 52.1 cm³/mol. The molecule has 3 N–H and O–H groups in total. The lowest BCUT2D eigenvalue weighted by atomic mass is 10.2. The number of aromatic nitrogens is 2. The highest BCUT2D eigenvalue weighted by atomic mass is 16.1. The van der Waals surface area contributed by atoms with Crippen molar-refractivity contribution in [3.63, 3.8) is 0 Å². The minimum Gasteiger partial charge on any atom is -0.350 e. The zero-order chi connectivity index (χ0) is 10.4. The molecule has 14 heavy (non-hydrogen) atoms. The molecule has 1 aromatic heterocycles. The van der Waals surface area contributed by atoms with Gasteiger partial charge >= 0.3 is 0 Å². The van der Waals surface area contributed by atoms with Crippen molar-refractivity contribution in [2.24, 2.45) is 5.73 Å². The molecule has 0 saturated heterocycles. The second-order valence-electron chi connectivity index (χ2n) is 3.17. The van der Waals surface area contributed by atoms with Gasteiger partial charge in [0.15, 0.2) is 0 Å². The fourth-order valence-electron chi connectivity index (χ4n) is 0.981. The van der Waals surface area contributed by atoms with E-state index in [-0.39, 0.29) is 11.9 Å². The zero-order valence-electron chi connectivity index (χ0n) is 8.10. The summed E-state index contributed by atoms with van der Waals surface area (Å²) < 4.78 is 0. The molecular weight excluding hydrogens is 180 g/mol. The van der Waals surface area contributed by atoms with Crippen LogP contribution in [-0.4, -0.2) is 22.1 Å². The number of carbonyl (C=O) groups is 1. The molecule has 1 heterocycles. The summed E-state index contributed by atoms with van der Waals surface area (Å²) in [5.41, 5.74) is 6.21. The van der Waals surface area contributed by atoms with Gasteiger partial charge in [-0.15, -0.1) is 0 Å². The van der Waals surface area contributed by atoms with E-state index in [9.17, 15) is 4.79 Å².